The monoisotopic (exact) mass is 267 g/mol. The van der Waals surface area contributed by atoms with Gasteiger partial charge in [-0.2, -0.15) is 5.10 Å². The number of benzene rings is 1. The highest BCUT2D eigenvalue weighted by Crippen LogP contribution is 2.23. The predicted octanol–water partition coefficient (Wildman–Crippen LogP) is 2.02. The number of halogens is 1. The maximum absolute atomic E-state index is 9.23. The van der Waals surface area contributed by atoms with Crippen LogP contribution in [-0.4, -0.2) is 19.9 Å². The fourth-order valence-electron chi connectivity index (χ4n) is 1.62. The van der Waals surface area contributed by atoms with Gasteiger partial charge in [0.1, 0.15) is 18.7 Å². The van der Waals surface area contributed by atoms with Crippen molar-refractivity contribution in [3.05, 3.63) is 40.9 Å². The van der Waals surface area contributed by atoms with Crippen LogP contribution in [0.4, 0.5) is 0 Å². The first-order valence-corrected chi connectivity index (χ1v) is 6.01. The lowest BCUT2D eigenvalue weighted by molar-refractivity contribution is 0.253. The summed E-state index contributed by atoms with van der Waals surface area (Å²) in [5, 5.41) is 13.9. The van der Waals surface area contributed by atoms with E-state index in [4.69, 9.17) is 16.3 Å². The number of rotatable bonds is 5. The number of aryl methyl sites for hydroxylation is 1. The molecule has 0 saturated heterocycles. The molecule has 5 nitrogen and oxygen atoms in total. The summed E-state index contributed by atoms with van der Waals surface area (Å²) in [5.74, 6) is 1.35. The second-order valence-electron chi connectivity index (χ2n) is 3.69. The van der Waals surface area contributed by atoms with Crippen molar-refractivity contribution in [1.82, 2.24) is 14.8 Å². The molecule has 6 heteroatoms. The molecule has 0 saturated carbocycles. The summed E-state index contributed by atoms with van der Waals surface area (Å²) in [7, 11) is 0. The number of ether oxygens (including phenoxy) is 1. The molecule has 0 amide bonds. The Balaban J connectivity index is 2.10. The Labute approximate surface area is 110 Å². The number of nitrogens with zero attached hydrogens (tertiary/aromatic N) is 3. The van der Waals surface area contributed by atoms with Crippen LogP contribution in [0.1, 0.15) is 18.3 Å². The van der Waals surface area contributed by atoms with Crippen LogP contribution in [0, 0.1) is 0 Å². The van der Waals surface area contributed by atoms with E-state index in [-0.39, 0.29) is 6.61 Å². The zero-order valence-corrected chi connectivity index (χ0v) is 10.8. The van der Waals surface area contributed by atoms with Gasteiger partial charge in [0.2, 0.25) is 0 Å². The van der Waals surface area contributed by atoms with Gasteiger partial charge in [0, 0.05) is 17.1 Å². The number of hydrogen-bond donors (Lipinski definition) is 1. The van der Waals surface area contributed by atoms with Crippen LogP contribution in [0.15, 0.2) is 24.5 Å². The van der Waals surface area contributed by atoms with Crippen molar-refractivity contribution in [3.8, 4) is 5.75 Å². The Kier molecular flexibility index (Phi) is 4.17. The summed E-state index contributed by atoms with van der Waals surface area (Å²) in [6.45, 7) is 2.92. The molecule has 18 heavy (non-hydrogen) atoms. The molecule has 0 spiro atoms. The number of aliphatic hydroxyl groups is 1. The highest BCUT2D eigenvalue weighted by Gasteiger charge is 2.07. The SMILES string of the molecule is CCn1ncnc1COc1ccc(Cl)cc1CO. The summed E-state index contributed by atoms with van der Waals surface area (Å²) < 4.78 is 7.39. The van der Waals surface area contributed by atoms with Crippen molar-refractivity contribution in [2.75, 3.05) is 0 Å². The molecule has 1 aromatic heterocycles. The van der Waals surface area contributed by atoms with Gasteiger partial charge in [-0.05, 0) is 25.1 Å². The molecule has 96 valence electrons. The van der Waals surface area contributed by atoms with E-state index in [1.165, 1.54) is 6.33 Å². The van der Waals surface area contributed by atoms with Gasteiger partial charge in [0.15, 0.2) is 5.82 Å². The minimum absolute atomic E-state index is 0.115. The fourth-order valence-corrected chi connectivity index (χ4v) is 1.81. The van der Waals surface area contributed by atoms with Crippen molar-refractivity contribution in [3.63, 3.8) is 0 Å². The Morgan fingerprint density at radius 1 is 1.44 bits per heavy atom. The molecule has 0 aliphatic heterocycles. The van der Waals surface area contributed by atoms with Crippen molar-refractivity contribution >= 4 is 11.6 Å². The van der Waals surface area contributed by atoms with Gasteiger partial charge in [0.25, 0.3) is 0 Å². The van der Waals surface area contributed by atoms with E-state index in [2.05, 4.69) is 10.1 Å². The molecule has 1 N–H and O–H groups in total. The quantitative estimate of drug-likeness (QED) is 0.900. The molecule has 0 unspecified atom stereocenters. The van der Waals surface area contributed by atoms with Gasteiger partial charge in [-0.25, -0.2) is 9.67 Å². The average molecular weight is 268 g/mol. The first-order chi connectivity index (χ1) is 8.74. The van der Waals surface area contributed by atoms with Gasteiger partial charge in [-0.15, -0.1) is 0 Å². The smallest absolute Gasteiger partial charge is 0.164 e. The molecule has 0 radical (unpaired) electrons. The van der Waals surface area contributed by atoms with Crippen LogP contribution in [-0.2, 0) is 19.8 Å². The van der Waals surface area contributed by atoms with E-state index in [0.29, 0.717) is 22.9 Å². The molecule has 0 fully saturated rings. The molecular weight excluding hydrogens is 254 g/mol. The Morgan fingerprint density at radius 3 is 3.00 bits per heavy atom. The molecule has 1 aromatic carbocycles. The zero-order chi connectivity index (χ0) is 13.0. The third-order valence-corrected chi connectivity index (χ3v) is 2.78. The Hall–Kier alpha value is -1.59. The van der Waals surface area contributed by atoms with Gasteiger partial charge >= 0.3 is 0 Å². The third-order valence-electron chi connectivity index (χ3n) is 2.54. The van der Waals surface area contributed by atoms with E-state index in [9.17, 15) is 5.11 Å². The highest BCUT2D eigenvalue weighted by molar-refractivity contribution is 6.30. The fraction of sp³-hybridized carbons (Fsp3) is 0.333. The number of aromatic nitrogens is 3. The minimum atomic E-state index is -0.115. The molecule has 0 bridgehead atoms. The molecule has 0 aliphatic carbocycles. The van der Waals surface area contributed by atoms with Crippen LogP contribution >= 0.6 is 11.6 Å². The molecule has 2 rings (SSSR count). The normalized spacial score (nSPS) is 10.6. The molecular formula is C12H14ClN3O2. The summed E-state index contributed by atoms with van der Waals surface area (Å²) in [6, 6.07) is 5.14. The lowest BCUT2D eigenvalue weighted by atomic mass is 10.2. The maximum atomic E-state index is 9.23. The van der Waals surface area contributed by atoms with Gasteiger partial charge < -0.3 is 9.84 Å². The Bertz CT molecular complexity index is 528. The van der Waals surface area contributed by atoms with Crippen molar-refractivity contribution < 1.29 is 9.84 Å². The minimum Gasteiger partial charge on any atom is -0.485 e. The highest BCUT2D eigenvalue weighted by atomic mass is 35.5. The summed E-state index contributed by atoms with van der Waals surface area (Å²) in [6.07, 6.45) is 1.50. The van der Waals surface area contributed by atoms with E-state index in [0.717, 1.165) is 12.4 Å². The average Bonchev–Trinajstić information content (AvgIpc) is 2.84. The molecule has 2 aromatic rings. The molecule has 1 heterocycles. The van der Waals surface area contributed by atoms with Gasteiger partial charge in [-0.1, -0.05) is 11.6 Å². The largest absolute Gasteiger partial charge is 0.485 e. The summed E-state index contributed by atoms with van der Waals surface area (Å²) in [4.78, 5) is 4.11. The topological polar surface area (TPSA) is 60.2 Å². The second kappa shape index (κ2) is 5.84. The first-order valence-electron chi connectivity index (χ1n) is 5.63. The van der Waals surface area contributed by atoms with Gasteiger partial charge in [-0.3, -0.25) is 0 Å². The second-order valence-corrected chi connectivity index (χ2v) is 4.13. The van der Waals surface area contributed by atoms with Crippen molar-refractivity contribution in [2.24, 2.45) is 0 Å². The van der Waals surface area contributed by atoms with Crippen molar-refractivity contribution in [2.45, 2.75) is 26.7 Å². The van der Waals surface area contributed by atoms with Crippen LogP contribution in [0.3, 0.4) is 0 Å². The lowest BCUT2D eigenvalue weighted by Gasteiger charge is -2.10. The first kappa shape index (κ1) is 12.9. The molecule has 0 aliphatic rings. The zero-order valence-electron chi connectivity index (χ0n) is 10.0. The standard InChI is InChI=1S/C12H14ClN3O2/c1-2-16-12(14-8-15-16)7-18-11-4-3-10(13)5-9(11)6-17/h3-5,8,17H,2,6-7H2,1H3. The van der Waals surface area contributed by atoms with Crippen LogP contribution in [0.2, 0.25) is 5.02 Å². The lowest BCUT2D eigenvalue weighted by Crippen LogP contribution is -2.08. The third kappa shape index (κ3) is 2.80. The molecule has 0 atom stereocenters. The summed E-state index contributed by atoms with van der Waals surface area (Å²) in [5.41, 5.74) is 0.657. The van der Waals surface area contributed by atoms with Gasteiger partial charge in [0.05, 0.1) is 6.61 Å². The number of hydrogen-bond acceptors (Lipinski definition) is 4. The van der Waals surface area contributed by atoms with E-state index in [1.54, 1.807) is 22.9 Å². The Morgan fingerprint density at radius 2 is 2.28 bits per heavy atom. The predicted molar refractivity (Wildman–Crippen MR) is 67.4 cm³/mol. The van der Waals surface area contributed by atoms with E-state index in [1.807, 2.05) is 6.92 Å². The van der Waals surface area contributed by atoms with Crippen LogP contribution in [0.5, 0.6) is 5.75 Å². The van der Waals surface area contributed by atoms with E-state index < -0.39 is 0 Å². The van der Waals surface area contributed by atoms with Crippen molar-refractivity contribution in [1.29, 1.82) is 0 Å². The maximum Gasteiger partial charge on any atom is 0.164 e. The van der Waals surface area contributed by atoms with E-state index >= 15 is 0 Å². The summed E-state index contributed by atoms with van der Waals surface area (Å²) >= 11 is 5.85. The number of aliphatic hydroxyl groups excluding tert-OH is 1. The van der Waals surface area contributed by atoms with Crippen LogP contribution in [0.25, 0.3) is 0 Å². The van der Waals surface area contributed by atoms with Crippen LogP contribution < -0.4 is 4.74 Å².